The Morgan fingerprint density at radius 1 is 1.14 bits per heavy atom. The molecule has 0 fully saturated rings. The lowest BCUT2D eigenvalue weighted by atomic mass is 9.99. The third-order valence-electron chi connectivity index (χ3n) is 4.11. The molecule has 0 spiro atoms. The van der Waals surface area contributed by atoms with Gasteiger partial charge in [0.2, 0.25) is 0 Å². The lowest BCUT2D eigenvalue weighted by Crippen LogP contribution is -2.04. The van der Waals surface area contributed by atoms with Gasteiger partial charge in [0.25, 0.3) is 0 Å². The number of hydrogen-bond donors (Lipinski definition) is 0. The highest BCUT2D eigenvalue weighted by Crippen LogP contribution is 2.30. The number of carbonyl (C=O) groups excluding carboxylic acids is 1. The van der Waals surface area contributed by atoms with Crippen molar-refractivity contribution in [2.45, 2.75) is 6.92 Å². The van der Waals surface area contributed by atoms with Gasteiger partial charge in [0.15, 0.2) is 5.76 Å². The Labute approximate surface area is 173 Å². The molecule has 0 aliphatic heterocycles. The van der Waals surface area contributed by atoms with Gasteiger partial charge in [0, 0.05) is 16.7 Å². The van der Waals surface area contributed by atoms with E-state index in [1.165, 1.54) is 7.11 Å². The minimum atomic E-state index is -0.413. The Hall–Kier alpha value is -2.82. The quantitative estimate of drug-likeness (QED) is 0.363. The van der Waals surface area contributed by atoms with Crippen molar-refractivity contribution in [2.24, 2.45) is 0 Å². The molecular formula is C22H17Cl2NO3. The zero-order chi connectivity index (χ0) is 20.1. The van der Waals surface area contributed by atoms with Gasteiger partial charge in [-0.25, -0.2) is 4.79 Å². The second-order valence-electron chi connectivity index (χ2n) is 5.86. The van der Waals surface area contributed by atoms with Crippen molar-refractivity contribution in [2.75, 3.05) is 7.11 Å². The maximum Gasteiger partial charge on any atom is 0.338 e. The van der Waals surface area contributed by atoms with E-state index >= 15 is 0 Å². The van der Waals surface area contributed by atoms with E-state index in [9.17, 15) is 4.79 Å². The summed E-state index contributed by atoms with van der Waals surface area (Å²) in [5.74, 6) is 0.00526. The van der Waals surface area contributed by atoms with Crippen LogP contribution in [-0.4, -0.2) is 18.2 Å². The molecule has 3 aromatic rings. The fraction of sp³-hybridized carbons (Fsp3) is 0.0909. The van der Waals surface area contributed by atoms with Gasteiger partial charge >= 0.3 is 5.97 Å². The van der Waals surface area contributed by atoms with E-state index in [2.05, 4.69) is 5.16 Å². The number of halogens is 2. The van der Waals surface area contributed by atoms with Crippen molar-refractivity contribution >= 4 is 45.9 Å². The highest BCUT2D eigenvalue weighted by Gasteiger charge is 2.15. The maximum atomic E-state index is 12.1. The van der Waals surface area contributed by atoms with Gasteiger partial charge in [-0.2, -0.15) is 0 Å². The summed E-state index contributed by atoms with van der Waals surface area (Å²) < 4.78 is 10.3. The number of rotatable bonds is 5. The molecule has 0 radical (unpaired) electrons. The van der Waals surface area contributed by atoms with E-state index in [4.69, 9.17) is 32.5 Å². The van der Waals surface area contributed by atoms with Gasteiger partial charge in [0.05, 0.1) is 17.7 Å². The monoisotopic (exact) mass is 413 g/mol. The van der Waals surface area contributed by atoms with Gasteiger partial charge in [0.1, 0.15) is 5.69 Å². The molecule has 3 rings (SSSR count). The van der Waals surface area contributed by atoms with Crippen LogP contribution in [0.5, 0.6) is 0 Å². The van der Waals surface area contributed by atoms with Crippen molar-refractivity contribution in [1.82, 2.24) is 5.16 Å². The average Bonchev–Trinajstić information content (AvgIpc) is 3.20. The summed E-state index contributed by atoms with van der Waals surface area (Å²) in [6.45, 7) is 1.78. The second kappa shape index (κ2) is 8.91. The topological polar surface area (TPSA) is 52.3 Å². The number of hydrogen-bond acceptors (Lipinski definition) is 4. The molecule has 0 atom stereocenters. The Kier molecular flexibility index (Phi) is 6.34. The molecule has 28 heavy (non-hydrogen) atoms. The summed E-state index contributed by atoms with van der Waals surface area (Å²) in [5, 5.41) is 5.07. The van der Waals surface area contributed by atoms with E-state index in [1.807, 2.05) is 36.4 Å². The second-order valence-corrected chi connectivity index (χ2v) is 6.70. The molecule has 1 aromatic heterocycles. The first kappa shape index (κ1) is 19.9. The molecule has 4 nitrogen and oxygen atoms in total. The van der Waals surface area contributed by atoms with Crippen LogP contribution in [0.1, 0.15) is 23.8 Å². The molecule has 0 aliphatic rings. The molecule has 0 N–H and O–H groups in total. The summed E-state index contributed by atoms with van der Waals surface area (Å²) in [6.07, 6.45) is 3.44. The number of benzene rings is 2. The minimum Gasteiger partial charge on any atom is -0.465 e. The lowest BCUT2D eigenvalue weighted by molar-refractivity contribution is -0.133. The fourth-order valence-electron chi connectivity index (χ4n) is 2.71. The van der Waals surface area contributed by atoms with Gasteiger partial charge in [-0.15, -0.1) is 0 Å². The van der Waals surface area contributed by atoms with E-state index in [0.717, 1.165) is 11.1 Å². The molecule has 142 valence electrons. The number of nitrogens with zero attached hydrogens (tertiary/aromatic N) is 1. The predicted octanol–water partition coefficient (Wildman–Crippen LogP) is 6.31. The van der Waals surface area contributed by atoms with Gasteiger partial charge in [-0.05, 0) is 36.3 Å². The molecule has 0 saturated heterocycles. The highest BCUT2D eigenvalue weighted by atomic mass is 35.5. The number of methoxy groups -OCH3 is 1. The molecule has 0 unspecified atom stereocenters. The molecule has 0 aliphatic carbocycles. The molecule has 0 saturated carbocycles. The summed E-state index contributed by atoms with van der Waals surface area (Å²) >= 11 is 12.4. The van der Waals surface area contributed by atoms with Crippen molar-refractivity contribution in [3.05, 3.63) is 82.6 Å². The van der Waals surface area contributed by atoms with Gasteiger partial charge in [-0.1, -0.05) is 70.8 Å². The first-order valence-corrected chi connectivity index (χ1v) is 9.23. The summed E-state index contributed by atoms with van der Waals surface area (Å²) in [4.78, 5) is 12.1. The van der Waals surface area contributed by atoms with Crippen LogP contribution in [0.3, 0.4) is 0 Å². The third kappa shape index (κ3) is 4.35. The predicted molar refractivity (Wildman–Crippen MR) is 113 cm³/mol. The van der Waals surface area contributed by atoms with Crippen LogP contribution in [-0.2, 0) is 9.53 Å². The van der Waals surface area contributed by atoms with E-state index in [0.29, 0.717) is 32.6 Å². The summed E-state index contributed by atoms with van der Waals surface area (Å²) in [6, 6.07) is 16.4. The largest absolute Gasteiger partial charge is 0.465 e. The number of ether oxygens (including phenoxy) is 1. The van der Waals surface area contributed by atoms with Crippen LogP contribution in [0.4, 0.5) is 0 Å². The first-order chi connectivity index (χ1) is 13.5. The first-order valence-electron chi connectivity index (χ1n) is 8.47. The summed E-state index contributed by atoms with van der Waals surface area (Å²) in [7, 11) is 1.35. The van der Waals surface area contributed by atoms with Crippen molar-refractivity contribution < 1.29 is 14.1 Å². The maximum absolute atomic E-state index is 12.1. The number of carbonyl (C=O) groups is 1. The fourth-order valence-corrected chi connectivity index (χ4v) is 3.05. The zero-order valence-electron chi connectivity index (χ0n) is 15.3. The Bertz CT molecular complexity index is 1050. The van der Waals surface area contributed by atoms with Crippen molar-refractivity contribution in [3.8, 4) is 11.3 Å². The van der Waals surface area contributed by atoms with E-state index in [1.54, 1.807) is 37.3 Å². The Morgan fingerprint density at radius 2 is 1.86 bits per heavy atom. The minimum absolute atomic E-state index is 0.362. The van der Waals surface area contributed by atoms with Crippen molar-refractivity contribution in [3.63, 3.8) is 0 Å². The van der Waals surface area contributed by atoms with Crippen LogP contribution in [0, 0.1) is 0 Å². The van der Waals surface area contributed by atoms with Crippen LogP contribution in [0.25, 0.3) is 27.9 Å². The molecule has 0 amide bonds. The van der Waals surface area contributed by atoms with E-state index < -0.39 is 5.97 Å². The average molecular weight is 414 g/mol. The Morgan fingerprint density at radius 3 is 2.54 bits per heavy atom. The van der Waals surface area contributed by atoms with Crippen LogP contribution >= 0.6 is 23.2 Å². The number of aromatic nitrogens is 1. The zero-order valence-corrected chi connectivity index (χ0v) is 16.8. The third-order valence-corrected chi connectivity index (χ3v) is 4.66. The normalized spacial score (nSPS) is 12.1. The van der Waals surface area contributed by atoms with Gasteiger partial charge < -0.3 is 9.26 Å². The van der Waals surface area contributed by atoms with E-state index in [-0.39, 0.29) is 0 Å². The smallest absolute Gasteiger partial charge is 0.338 e. The number of allylic oxidation sites excluding steroid dienone is 1. The molecular weight excluding hydrogens is 397 g/mol. The lowest BCUT2D eigenvalue weighted by Gasteiger charge is -2.09. The van der Waals surface area contributed by atoms with Crippen LogP contribution in [0.15, 0.2) is 65.2 Å². The SMILES string of the molecule is CC=C(C(=O)OC)c1ccccc1C=C(Cl)c1cc(-c2ccc(Cl)cc2)no1. The van der Waals surface area contributed by atoms with Crippen LogP contribution < -0.4 is 0 Å². The molecule has 2 aromatic carbocycles. The molecule has 0 bridgehead atoms. The van der Waals surface area contributed by atoms with Crippen molar-refractivity contribution in [1.29, 1.82) is 0 Å². The Balaban J connectivity index is 1.95. The standard InChI is InChI=1S/C22H17Cl2NO3/c1-3-17(22(26)27-2)18-7-5-4-6-15(18)12-19(24)21-13-20(25-28-21)14-8-10-16(23)11-9-14/h3-13H,1-2H3. The summed E-state index contributed by atoms with van der Waals surface area (Å²) in [5.41, 5.74) is 3.45. The molecule has 1 heterocycles. The highest BCUT2D eigenvalue weighted by molar-refractivity contribution is 6.51. The van der Waals surface area contributed by atoms with Gasteiger partial charge in [-0.3, -0.25) is 0 Å². The molecule has 6 heteroatoms. The number of esters is 1. The van der Waals surface area contributed by atoms with Crippen LogP contribution in [0.2, 0.25) is 5.02 Å².